The van der Waals surface area contributed by atoms with Gasteiger partial charge in [-0.15, -0.1) is 17.0 Å². The molecule has 0 heterocycles. The normalized spacial score (nSPS) is 11.7. The van der Waals surface area contributed by atoms with Crippen LogP contribution in [0.4, 0.5) is 0 Å². The van der Waals surface area contributed by atoms with E-state index in [1.54, 1.807) is 12.1 Å². The summed E-state index contributed by atoms with van der Waals surface area (Å²) in [6.07, 6.45) is 3.27. The Morgan fingerprint density at radius 1 is 0.952 bits per heavy atom. The summed E-state index contributed by atoms with van der Waals surface area (Å²) < 4.78 is 0. The number of rotatable bonds is 7. The second-order valence-corrected chi connectivity index (χ2v) is 5.31. The molecule has 0 spiro atoms. The fourth-order valence-electron chi connectivity index (χ4n) is 2.34. The quantitative estimate of drug-likeness (QED) is 0.736. The van der Waals surface area contributed by atoms with Gasteiger partial charge in [0.2, 0.25) is 0 Å². The summed E-state index contributed by atoms with van der Waals surface area (Å²) in [6.45, 7) is 3.24. The van der Waals surface area contributed by atoms with Crippen molar-refractivity contribution in [3.05, 3.63) is 65.7 Å². The van der Waals surface area contributed by atoms with E-state index in [-0.39, 0.29) is 17.0 Å². The standard InChI is InChI=1S/C18H23NO.BrH/c1-15(14-17-9-11-18(20)12-10-17)19-13-5-8-16-6-3-2-4-7-16;/h2-4,6-7,9-12,15,19-20H,5,8,13-14H2,1H3;1H. The zero-order valence-electron chi connectivity index (χ0n) is 12.5. The van der Waals surface area contributed by atoms with Crippen LogP contribution in [0, 0.1) is 0 Å². The Balaban J connectivity index is 0.00000220. The van der Waals surface area contributed by atoms with Crippen LogP contribution in [0.2, 0.25) is 0 Å². The molecule has 3 heteroatoms. The molecule has 0 radical (unpaired) electrons. The van der Waals surface area contributed by atoms with Gasteiger partial charge in [-0.1, -0.05) is 42.5 Å². The number of hydrogen-bond acceptors (Lipinski definition) is 2. The van der Waals surface area contributed by atoms with Gasteiger partial charge in [-0.25, -0.2) is 0 Å². The number of hydrogen-bond donors (Lipinski definition) is 2. The molecule has 0 amide bonds. The largest absolute Gasteiger partial charge is 0.508 e. The topological polar surface area (TPSA) is 32.3 Å². The van der Waals surface area contributed by atoms with E-state index < -0.39 is 0 Å². The summed E-state index contributed by atoms with van der Waals surface area (Å²) in [5, 5.41) is 12.8. The minimum atomic E-state index is 0. The molecule has 0 aliphatic carbocycles. The van der Waals surface area contributed by atoms with Crippen LogP contribution < -0.4 is 5.32 Å². The Hall–Kier alpha value is -1.32. The van der Waals surface area contributed by atoms with Crippen molar-refractivity contribution < 1.29 is 5.11 Å². The van der Waals surface area contributed by atoms with Gasteiger partial charge in [-0.3, -0.25) is 0 Å². The molecule has 2 N–H and O–H groups in total. The average Bonchev–Trinajstić information content (AvgIpc) is 2.47. The maximum Gasteiger partial charge on any atom is 0.115 e. The molecule has 0 aliphatic heterocycles. The highest BCUT2D eigenvalue weighted by molar-refractivity contribution is 8.93. The van der Waals surface area contributed by atoms with E-state index in [0.717, 1.165) is 25.8 Å². The summed E-state index contributed by atoms with van der Waals surface area (Å²) in [4.78, 5) is 0. The molecule has 1 atom stereocenters. The van der Waals surface area contributed by atoms with Gasteiger partial charge in [-0.2, -0.15) is 0 Å². The molecular formula is C18H24BrNO. The molecule has 2 rings (SSSR count). The lowest BCUT2D eigenvalue weighted by atomic mass is 10.1. The molecule has 2 nitrogen and oxygen atoms in total. The lowest BCUT2D eigenvalue weighted by Gasteiger charge is -2.14. The number of benzene rings is 2. The fourth-order valence-corrected chi connectivity index (χ4v) is 2.34. The van der Waals surface area contributed by atoms with Crippen LogP contribution >= 0.6 is 17.0 Å². The molecule has 0 aromatic heterocycles. The van der Waals surface area contributed by atoms with Gasteiger partial charge < -0.3 is 10.4 Å². The molecule has 2 aromatic rings. The zero-order valence-corrected chi connectivity index (χ0v) is 14.2. The number of halogens is 1. The van der Waals surface area contributed by atoms with E-state index in [1.165, 1.54) is 11.1 Å². The molecule has 21 heavy (non-hydrogen) atoms. The van der Waals surface area contributed by atoms with E-state index in [0.29, 0.717) is 11.8 Å². The molecule has 2 aromatic carbocycles. The van der Waals surface area contributed by atoms with Gasteiger partial charge in [0, 0.05) is 6.04 Å². The highest BCUT2D eigenvalue weighted by Gasteiger charge is 2.03. The number of phenols is 1. The van der Waals surface area contributed by atoms with E-state index >= 15 is 0 Å². The molecule has 0 aliphatic rings. The molecule has 0 fully saturated rings. The van der Waals surface area contributed by atoms with Crippen LogP contribution in [-0.2, 0) is 12.8 Å². The summed E-state index contributed by atoms with van der Waals surface area (Å²) in [6, 6.07) is 18.5. The Morgan fingerprint density at radius 3 is 2.29 bits per heavy atom. The Labute approximate surface area is 138 Å². The van der Waals surface area contributed by atoms with E-state index in [4.69, 9.17) is 0 Å². The van der Waals surface area contributed by atoms with Crippen LogP contribution in [0.1, 0.15) is 24.5 Å². The summed E-state index contributed by atoms with van der Waals surface area (Å²) in [5.41, 5.74) is 2.66. The average molecular weight is 350 g/mol. The SMILES string of the molecule is Br.CC(Cc1ccc(O)cc1)NCCCc1ccccc1. The first-order valence-corrected chi connectivity index (χ1v) is 7.29. The zero-order chi connectivity index (χ0) is 14.2. The highest BCUT2D eigenvalue weighted by atomic mass is 79.9. The van der Waals surface area contributed by atoms with Crippen molar-refractivity contribution in [2.75, 3.05) is 6.54 Å². The summed E-state index contributed by atoms with van der Waals surface area (Å²) in [5.74, 6) is 0.331. The van der Waals surface area contributed by atoms with Crippen LogP contribution in [0.15, 0.2) is 54.6 Å². The van der Waals surface area contributed by atoms with Crippen LogP contribution in [0.5, 0.6) is 5.75 Å². The number of nitrogens with one attached hydrogen (secondary N) is 1. The third-order valence-electron chi connectivity index (χ3n) is 3.46. The molecule has 1 unspecified atom stereocenters. The van der Waals surface area contributed by atoms with Gasteiger partial charge in [0.25, 0.3) is 0 Å². The van der Waals surface area contributed by atoms with Crippen LogP contribution in [0.25, 0.3) is 0 Å². The van der Waals surface area contributed by atoms with Crippen molar-refractivity contribution in [1.29, 1.82) is 0 Å². The predicted molar refractivity (Wildman–Crippen MR) is 94.4 cm³/mol. The van der Waals surface area contributed by atoms with Crippen molar-refractivity contribution in [1.82, 2.24) is 5.32 Å². The minimum absolute atomic E-state index is 0. The van der Waals surface area contributed by atoms with Crippen molar-refractivity contribution in [3.8, 4) is 5.75 Å². The number of phenolic OH excluding ortho intramolecular Hbond substituents is 1. The smallest absolute Gasteiger partial charge is 0.115 e. The van der Waals surface area contributed by atoms with Gasteiger partial charge in [0.05, 0.1) is 0 Å². The number of aromatic hydroxyl groups is 1. The van der Waals surface area contributed by atoms with E-state index in [1.807, 2.05) is 12.1 Å². The van der Waals surface area contributed by atoms with Crippen molar-refractivity contribution in [2.45, 2.75) is 32.2 Å². The van der Waals surface area contributed by atoms with Crippen LogP contribution in [0.3, 0.4) is 0 Å². The van der Waals surface area contributed by atoms with Gasteiger partial charge in [0.1, 0.15) is 5.75 Å². The molecule has 0 saturated heterocycles. The van der Waals surface area contributed by atoms with Crippen molar-refractivity contribution >= 4 is 17.0 Å². The van der Waals surface area contributed by atoms with Gasteiger partial charge in [0.15, 0.2) is 0 Å². The van der Waals surface area contributed by atoms with Crippen LogP contribution in [-0.4, -0.2) is 17.7 Å². The third-order valence-corrected chi connectivity index (χ3v) is 3.46. The highest BCUT2D eigenvalue weighted by Crippen LogP contribution is 2.11. The second-order valence-electron chi connectivity index (χ2n) is 5.31. The lowest BCUT2D eigenvalue weighted by molar-refractivity contribution is 0.474. The lowest BCUT2D eigenvalue weighted by Crippen LogP contribution is -2.29. The molecule has 0 saturated carbocycles. The van der Waals surface area contributed by atoms with Gasteiger partial charge >= 0.3 is 0 Å². The third kappa shape index (κ3) is 6.78. The predicted octanol–water partition coefficient (Wildman–Crippen LogP) is 4.12. The molecule has 0 bridgehead atoms. The summed E-state index contributed by atoms with van der Waals surface area (Å²) in [7, 11) is 0. The van der Waals surface area contributed by atoms with Crippen molar-refractivity contribution in [3.63, 3.8) is 0 Å². The molecular weight excluding hydrogens is 326 g/mol. The monoisotopic (exact) mass is 349 g/mol. The van der Waals surface area contributed by atoms with E-state index in [9.17, 15) is 5.11 Å². The first-order valence-electron chi connectivity index (χ1n) is 7.29. The fraction of sp³-hybridized carbons (Fsp3) is 0.333. The van der Waals surface area contributed by atoms with Gasteiger partial charge in [-0.05, 0) is 56.0 Å². The number of aryl methyl sites for hydroxylation is 1. The maximum absolute atomic E-state index is 9.26. The molecule has 114 valence electrons. The van der Waals surface area contributed by atoms with E-state index in [2.05, 4.69) is 42.6 Å². The Kier molecular flexibility index (Phi) is 8.09. The minimum Gasteiger partial charge on any atom is -0.508 e. The Morgan fingerprint density at radius 2 is 1.62 bits per heavy atom. The van der Waals surface area contributed by atoms with Crippen molar-refractivity contribution in [2.24, 2.45) is 0 Å². The second kappa shape index (κ2) is 9.59. The summed E-state index contributed by atoms with van der Waals surface area (Å²) >= 11 is 0. The first kappa shape index (κ1) is 17.7. The Bertz CT molecular complexity index is 498. The first-order chi connectivity index (χ1) is 9.74. The maximum atomic E-state index is 9.26.